The van der Waals surface area contributed by atoms with Crippen LogP contribution in [0.15, 0.2) is 23.3 Å². The van der Waals surface area contributed by atoms with Gasteiger partial charge in [0, 0.05) is 15.6 Å². The zero-order valence-electron chi connectivity index (χ0n) is 5.95. The van der Waals surface area contributed by atoms with E-state index in [1.165, 1.54) is 0 Å². The zero-order valence-corrected chi connectivity index (χ0v) is 6.71. The Kier molecular flexibility index (Phi) is 2.36. The van der Waals surface area contributed by atoms with Crippen LogP contribution in [0.25, 0.3) is 10.4 Å². The van der Waals surface area contributed by atoms with Crippen LogP contribution in [0.2, 0.25) is 5.02 Å². The van der Waals surface area contributed by atoms with E-state index in [1.807, 2.05) is 13.0 Å². The lowest BCUT2D eigenvalue weighted by Crippen LogP contribution is -1.71. The molecule has 0 spiro atoms. The third kappa shape index (κ3) is 1.87. The predicted octanol–water partition coefficient (Wildman–Crippen LogP) is 3.59. The van der Waals surface area contributed by atoms with Crippen molar-refractivity contribution < 1.29 is 0 Å². The number of hydrogen-bond donors (Lipinski definition) is 0. The largest absolute Gasteiger partial charge is 0.0843 e. The van der Waals surface area contributed by atoms with Crippen LogP contribution in [0, 0.1) is 6.92 Å². The maximum atomic E-state index is 8.15. The van der Waals surface area contributed by atoms with E-state index in [2.05, 4.69) is 10.0 Å². The van der Waals surface area contributed by atoms with Crippen LogP contribution in [-0.4, -0.2) is 0 Å². The van der Waals surface area contributed by atoms with E-state index in [-0.39, 0.29) is 0 Å². The van der Waals surface area contributed by atoms with Gasteiger partial charge in [0.25, 0.3) is 0 Å². The molecule has 0 aliphatic carbocycles. The van der Waals surface area contributed by atoms with Gasteiger partial charge in [-0.3, -0.25) is 0 Å². The third-order valence-electron chi connectivity index (χ3n) is 1.32. The molecule has 0 aliphatic rings. The molecule has 3 nitrogen and oxygen atoms in total. The first kappa shape index (κ1) is 7.92. The highest BCUT2D eigenvalue weighted by atomic mass is 35.5. The molecule has 0 saturated heterocycles. The van der Waals surface area contributed by atoms with Gasteiger partial charge in [-0.05, 0) is 30.2 Å². The van der Waals surface area contributed by atoms with Crippen LogP contribution < -0.4 is 0 Å². The Balaban J connectivity index is 3.22. The standard InChI is InChI=1S/C7H6ClN3/c1-5-2-3-6(8)4-7(5)10-11-9/h2-4H,1H3. The second-order valence-corrected chi connectivity index (χ2v) is 2.56. The van der Waals surface area contributed by atoms with E-state index in [0.29, 0.717) is 10.7 Å². The van der Waals surface area contributed by atoms with Gasteiger partial charge in [-0.25, -0.2) is 0 Å². The molecule has 0 fully saturated rings. The molecule has 11 heavy (non-hydrogen) atoms. The molecule has 1 rings (SSSR count). The van der Waals surface area contributed by atoms with Crippen molar-refractivity contribution >= 4 is 17.3 Å². The Morgan fingerprint density at radius 1 is 1.55 bits per heavy atom. The Morgan fingerprint density at radius 2 is 2.27 bits per heavy atom. The van der Waals surface area contributed by atoms with E-state index >= 15 is 0 Å². The quantitative estimate of drug-likeness (QED) is 0.349. The first-order chi connectivity index (χ1) is 5.24. The zero-order chi connectivity index (χ0) is 8.27. The minimum absolute atomic E-state index is 0.581. The molecule has 4 heteroatoms. The highest BCUT2D eigenvalue weighted by molar-refractivity contribution is 6.30. The average molecular weight is 168 g/mol. The fourth-order valence-electron chi connectivity index (χ4n) is 0.738. The molecule has 0 aromatic heterocycles. The van der Waals surface area contributed by atoms with Crippen molar-refractivity contribution in [1.29, 1.82) is 0 Å². The van der Waals surface area contributed by atoms with E-state index < -0.39 is 0 Å². The van der Waals surface area contributed by atoms with Gasteiger partial charge in [0.05, 0.1) is 0 Å². The summed E-state index contributed by atoms with van der Waals surface area (Å²) in [6.07, 6.45) is 0. The minimum atomic E-state index is 0.581. The van der Waals surface area contributed by atoms with Crippen molar-refractivity contribution in [2.75, 3.05) is 0 Å². The SMILES string of the molecule is Cc1ccc(Cl)cc1N=[N+]=[N-]. The molecule has 1 aromatic rings. The van der Waals surface area contributed by atoms with Crippen molar-refractivity contribution in [1.82, 2.24) is 0 Å². The molecule has 0 heterocycles. The topological polar surface area (TPSA) is 48.8 Å². The van der Waals surface area contributed by atoms with Crippen molar-refractivity contribution in [2.45, 2.75) is 6.92 Å². The van der Waals surface area contributed by atoms with Crippen molar-refractivity contribution in [3.8, 4) is 0 Å². The van der Waals surface area contributed by atoms with Crippen molar-refractivity contribution in [3.63, 3.8) is 0 Å². The molecule has 0 unspecified atom stereocenters. The normalized spacial score (nSPS) is 8.91. The van der Waals surface area contributed by atoms with Crippen LogP contribution in [0.5, 0.6) is 0 Å². The average Bonchev–Trinajstić information content (AvgIpc) is 1.98. The third-order valence-corrected chi connectivity index (χ3v) is 1.56. The molecule has 0 radical (unpaired) electrons. The number of halogens is 1. The lowest BCUT2D eigenvalue weighted by Gasteiger charge is -1.97. The number of aryl methyl sites for hydroxylation is 1. The van der Waals surface area contributed by atoms with E-state index in [9.17, 15) is 0 Å². The molecule has 0 saturated carbocycles. The predicted molar refractivity (Wildman–Crippen MR) is 45.0 cm³/mol. The summed E-state index contributed by atoms with van der Waals surface area (Å²) < 4.78 is 0. The second kappa shape index (κ2) is 3.28. The Labute approximate surface area is 69.2 Å². The second-order valence-electron chi connectivity index (χ2n) is 2.12. The van der Waals surface area contributed by atoms with Crippen LogP contribution in [0.1, 0.15) is 5.56 Å². The van der Waals surface area contributed by atoms with Gasteiger partial charge in [0.1, 0.15) is 0 Å². The Hall–Kier alpha value is -1.18. The van der Waals surface area contributed by atoms with E-state index in [4.69, 9.17) is 17.1 Å². The molecule has 0 atom stereocenters. The van der Waals surface area contributed by atoms with Crippen LogP contribution in [0.4, 0.5) is 5.69 Å². The van der Waals surface area contributed by atoms with Crippen molar-refractivity contribution in [2.24, 2.45) is 5.11 Å². The molecule has 0 bridgehead atoms. The highest BCUT2D eigenvalue weighted by Gasteiger charge is 1.94. The molecule has 0 aliphatic heterocycles. The smallest absolute Gasteiger partial charge is 0.0419 e. The van der Waals surface area contributed by atoms with Gasteiger partial charge in [-0.15, -0.1) is 0 Å². The van der Waals surface area contributed by atoms with Gasteiger partial charge in [-0.2, -0.15) is 0 Å². The number of nitrogens with zero attached hydrogens (tertiary/aromatic N) is 3. The fraction of sp³-hybridized carbons (Fsp3) is 0.143. The molecular weight excluding hydrogens is 162 g/mol. The lowest BCUT2D eigenvalue weighted by molar-refractivity contribution is 1.38. The highest BCUT2D eigenvalue weighted by Crippen LogP contribution is 2.22. The maximum Gasteiger partial charge on any atom is 0.0419 e. The Morgan fingerprint density at radius 3 is 2.91 bits per heavy atom. The molecule has 0 N–H and O–H groups in total. The van der Waals surface area contributed by atoms with Crippen LogP contribution >= 0.6 is 11.6 Å². The van der Waals surface area contributed by atoms with Gasteiger partial charge in [0.15, 0.2) is 0 Å². The molecular formula is C7H6ClN3. The van der Waals surface area contributed by atoms with Gasteiger partial charge in [-0.1, -0.05) is 22.8 Å². The molecule has 0 amide bonds. The van der Waals surface area contributed by atoms with Crippen LogP contribution in [-0.2, 0) is 0 Å². The first-order valence-electron chi connectivity index (χ1n) is 3.05. The summed E-state index contributed by atoms with van der Waals surface area (Å²) in [6.45, 7) is 1.86. The minimum Gasteiger partial charge on any atom is -0.0843 e. The van der Waals surface area contributed by atoms with Gasteiger partial charge < -0.3 is 0 Å². The summed E-state index contributed by atoms with van der Waals surface area (Å²) in [5.74, 6) is 0. The number of hydrogen-bond acceptors (Lipinski definition) is 1. The number of benzene rings is 1. The summed E-state index contributed by atoms with van der Waals surface area (Å²) >= 11 is 5.67. The number of azide groups is 1. The van der Waals surface area contributed by atoms with E-state index in [0.717, 1.165) is 5.56 Å². The summed E-state index contributed by atoms with van der Waals surface area (Å²) in [5.41, 5.74) is 9.66. The lowest BCUT2D eigenvalue weighted by atomic mass is 10.2. The summed E-state index contributed by atoms with van der Waals surface area (Å²) in [5, 5.41) is 4.04. The fourth-order valence-corrected chi connectivity index (χ4v) is 0.905. The van der Waals surface area contributed by atoms with Crippen LogP contribution in [0.3, 0.4) is 0 Å². The van der Waals surface area contributed by atoms with E-state index in [1.54, 1.807) is 12.1 Å². The summed E-state index contributed by atoms with van der Waals surface area (Å²) in [4.78, 5) is 2.67. The first-order valence-corrected chi connectivity index (χ1v) is 3.43. The van der Waals surface area contributed by atoms with Gasteiger partial charge in [0.2, 0.25) is 0 Å². The Bertz CT molecular complexity index is 315. The van der Waals surface area contributed by atoms with Crippen molar-refractivity contribution in [3.05, 3.63) is 39.2 Å². The monoisotopic (exact) mass is 167 g/mol. The summed E-state index contributed by atoms with van der Waals surface area (Å²) in [7, 11) is 0. The van der Waals surface area contributed by atoms with Gasteiger partial charge >= 0.3 is 0 Å². The molecule has 1 aromatic carbocycles. The summed E-state index contributed by atoms with van der Waals surface area (Å²) in [6, 6.07) is 5.20. The molecule has 56 valence electrons. The number of rotatable bonds is 1. The maximum absolute atomic E-state index is 8.15.